The molecule has 57 heavy (non-hydrogen) atoms. The van der Waals surface area contributed by atoms with Crippen molar-refractivity contribution in [2.45, 2.75) is 29.7 Å². The monoisotopic (exact) mass is 759 g/mol. The molecule has 11 rings (SSSR count). The Morgan fingerprint density at radius 2 is 1.21 bits per heavy atom. The van der Waals surface area contributed by atoms with Gasteiger partial charge in [0.1, 0.15) is 0 Å². The van der Waals surface area contributed by atoms with Crippen molar-refractivity contribution in [2.24, 2.45) is 0 Å². The topological polar surface area (TPSA) is 32.0 Å². The number of nitriles is 1. The molecule has 0 N–H and O–H groups in total. The number of alkyl halides is 6. The smallest absolute Gasteiger partial charge is 0.332 e. The average Bonchev–Trinajstić information content (AvgIpc) is 3.79. The lowest BCUT2D eigenvalue weighted by atomic mass is 9.90. The van der Waals surface area contributed by atoms with Gasteiger partial charge in [-0.3, -0.25) is 0 Å². The Morgan fingerprint density at radius 1 is 0.544 bits per heavy atom. The third kappa shape index (κ3) is 4.27. The maximum atomic E-state index is 15.7. The summed E-state index contributed by atoms with van der Waals surface area (Å²) >= 11 is 0. The van der Waals surface area contributed by atoms with Crippen LogP contribution in [0.3, 0.4) is 0 Å². The molecule has 3 aliphatic rings. The van der Waals surface area contributed by atoms with Gasteiger partial charge in [0.25, 0.3) is 0 Å². The van der Waals surface area contributed by atoms with Crippen molar-refractivity contribution in [3.63, 3.8) is 0 Å². The van der Waals surface area contributed by atoms with Crippen LogP contribution in [-0.4, -0.2) is 16.5 Å². The van der Waals surface area contributed by atoms with Crippen molar-refractivity contribution in [2.75, 3.05) is 4.90 Å². The van der Waals surface area contributed by atoms with Crippen LogP contribution >= 0.6 is 0 Å². The number of hydrogen-bond donors (Lipinski definition) is 0. The molecule has 0 spiro atoms. The largest absolute Gasteiger partial charge is 0.380 e. The van der Waals surface area contributed by atoms with Crippen LogP contribution in [0.2, 0.25) is 0 Å². The maximum Gasteiger partial charge on any atom is 0.380 e. The Balaban J connectivity index is 1.24. The highest BCUT2D eigenvalue weighted by Gasteiger charge is 2.80. The molecular formula is C48H27F6N3. The van der Waals surface area contributed by atoms with Gasteiger partial charge in [-0.05, 0) is 80.7 Å². The first kappa shape index (κ1) is 33.5. The summed E-state index contributed by atoms with van der Waals surface area (Å²) in [6.45, 7) is 0. The van der Waals surface area contributed by atoms with Gasteiger partial charge < -0.3 is 9.47 Å². The predicted octanol–water partition coefficient (Wildman–Crippen LogP) is 13.2. The number of rotatable bonds is 3. The van der Waals surface area contributed by atoms with Crippen molar-refractivity contribution in [1.29, 1.82) is 5.26 Å². The van der Waals surface area contributed by atoms with E-state index < -0.39 is 39.7 Å². The third-order valence-corrected chi connectivity index (χ3v) is 12.0. The molecule has 0 fully saturated rings. The molecule has 0 saturated heterocycles. The van der Waals surface area contributed by atoms with E-state index in [1.165, 1.54) is 24.3 Å². The minimum atomic E-state index is -5.68. The molecule has 1 aliphatic heterocycles. The van der Waals surface area contributed by atoms with Crippen molar-refractivity contribution >= 4 is 54.7 Å². The molecule has 7 aromatic carbocycles. The molecule has 0 amide bonds. The Labute approximate surface area is 321 Å². The number of halogens is 6. The number of nitrogens with zero attached hydrogens (tertiary/aromatic N) is 3. The number of allylic oxidation sites excluding steroid dienone is 2. The standard InChI is InChI=1S/C48H27F6N3/c49-46(50)42-34-19-17-27(26-55)23-38(34)39-25-31(18-20-35(39)43(42)47(51,52)48(46,53)54)57-41-16-7-5-14-33(41)37-22-21-36-32-13-4-6-15-40(32)56(44(36)45(37)57)30-12-8-11-29(24-30)28-9-2-1-3-10-28/h1-25,32,40H. The summed E-state index contributed by atoms with van der Waals surface area (Å²) in [5, 5.41) is 10.8. The van der Waals surface area contributed by atoms with Crippen molar-refractivity contribution < 1.29 is 26.3 Å². The van der Waals surface area contributed by atoms with Gasteiger partial charge in [-0.1, -0.05) is 109 Å². The van der Waals surface area contributed by atoms with E-state index >= 15 is 26.3 Å². The highest BCUT2D eigenvalue weighted by atomic mass is 19.3. The minimum Gasteiger partial charge on any atom is -0.332 e. The fourth-order valence-corrected chi connectivity index (χ4v) is 9.49. The van der Waals surface area contributed by atoms with E-state index in [0.717, 1.165) is 55.9 Å². The summed E-state index contributed by atoms with van der Waals surface area (Å²) < 4.78 is 94.8. The van der Waals surface area contributed by atoms with E-state index in [1.54, 1.807) is 6.07 Å². The quantitative estimate of drug-likeness (QED) is 0.133. The molecule has 8 aromatic rings. The van der Waals surface area contributed by atoms with Gasteiger partial charge in [0.05, 0.1) is 34.4 Å². The number of para-hydroxylation sites is 1. The number of hydrogen-bond acceptors (Lipinski definition) is 2. The Bertz CT molecular complexity index is 3150. The van der Waals surface area contributed by atoms with E-state index in [9.17, 15) is 5.26 Å². The van der Waals surface area contributed by atoms with Crippen LogP contribution in [0, 0.1) is 11.3 Å². The molecule has 1 aromatic heterocycles. The van der Waals surface area contributed by atoms with Crippen LogP contribution in [0.4, 0.5) is 37.7 Å². The van der Waals surface area contributed by atoms with Gasteiger partial charge in [-0.2, -0.15) is 31.6 Å². The highest BCUT2D eigenvalue weighted by molar-refractivity contribution is 6.17. The van der Waals surface area contributed by atoms with Gasteiger partial charge in [-0.25, -0.2) is 0 Å². The van der Waals surface area contributed by atoms with Crippen LogP contribution in [0.25, 0.3) is 60.2 Å². The molecule has 2 atom stereocenters. The number of benzene rings is 7. The molecule has 0 radical (unpaired) electrons. The molecule has 2 aliphatic carbocycles. The van der Waals surface area contributed by atoms with Crippen LogP contribution in [0.15, 0.2) is 152 Å². The average molecular weight is 760 g/mol. The summed E-state index contributed by atoms with van der Waals surface area (Å²) in [6, 6.07) is 40.3. The van der Waals surface area contributed by atoms with Gasteiger partial charge in [0.2, 0.25) is 0 Å². The lowest BCUT2D eigenvalue weighted by molar-refractivity contribution is -0.301. The van der Waals surface area contributed by atoms with Crippen LogP contribution in [0.1, 0.15) is 28.2 Å². The first-order valence-electron chi connectivity index (χ1n) is 18.5. The second kappa shape index (κ2) is 11.4. The lowest BCUT2D eigenvalue weighted by Gasteiger charge is -2.29. The summed E-state index contributed by atoms with van der Waals surface area (Å²) in [4.78, 5) is 2.33. The minimum absolute atomic E-state index is 0.000603. The van der Waals surface area contributed by atoms with E-state index in [2.05, 4.69) is 59.5 Å². The molecule has 2 unspecified atom stereocenters. The molecule has 3 nitrogen and oxygen atoms in total. The Kier molecular flexibility index (Phi) is 6.70. The first-order chi connectivity index (χ1) is 27.5. The van der Waals surface area contributed by atoms with E-state index in [-0.39, 0.29) is 28.3 Å². The van der Waals surface area contributed by atoms with E-state index in [1.807, 2.05) is 71.3 Å². The van der Waals surface area contributed by atoms with E-state index in [0.29, 0.717) is 5.69 Å². The molecule has 0 bridgehead atoms. The fraction of sp³-hybridized carbons (Fsp3) is 0.104. The molecule has 9 heteroatoms. The van der Waals surface area contributed by atoms with Gasteiger partial charge in [0, 0.05) is 39.2 Å². The van der Waals surface area contributed by atoms with E-state index in [4.69, 9.17) is 0 Å². The fourth-order valence-electron chi connectivity index (χ4n) is 9.49. The summed E-state index contributed by atoms with van der Waals surface area (Å²) in [5.74, 6) is -16.0. The normalized spacial score (nSPS) is 19.6. The zero-order valence-electron chi connectivity index (χ0n) is 29.7. The van der Waals surface area contributed by atoms with Crippen molar-refractivity contribution in [3.8, 4) is 22.9 Å². The highest BCUT2D eigenvalue weighted by Crippen LogP contribution is 2.66. The molecule has 2 heterocycles. The Hall–Kier alpha value is -6.79. The lowest BCUT2D eigenvalue weighted by Crippen LogP contribution is -2.43. The summed E-state index contributed by atoms with van der Waals surface area (Å²) in [5.41, 5.74) is 4.48. The number of anilines is 2. The zero-order chi connectivity index (χ0) is 39.0. The maximum absolute atomic E-state index is 15.7. The molecule has 0 saturated carbocycles. The zero-order valence-corrected chi connectivity index (χ0v) is 29.7. The summed E-state index contributed by atoms with van der Waals surface area (Å²) in [7, 11) is 0. The summed E-state index contributed by atoms with van der Waals surface area (Å²) in [6.07, 6.45) is 8.45. The van der Waals surface area contributed by atoms with Crippen LogP contribution in [-0.2, 0) is 11.8 Å². The van der Waals surface area contributed by atoms with Crippen LogP contribution in [0.5, 0.6) is 0 Å². The number of fused-ring (bicyclic) bond motifs is 13. The Morgan fingerprint density at radius 3 is 1.98 bits per heavy atom. The third-order valence-electron chi connectivity index (χ3n) is 12.0. The SMILES string of the molecule is N#Cc1ccc2c3c(c4ccc(-n5c6ccccc6c6ccc7c(c65)N(c5cccc(-c6ccccc6)c5)C5C=CC=CC75)cc4c2c1)C(F)(F)C(F)(F)C3(F)F. The second-order valence-electron chi connectivity index (χ2n) is 14.9. The molecule has 276 valence electrons. The first-order valence-corrected chi connectivity index (χ1v) is 18.5. The van der Waals surface area contributed by atoms with Crippen LogP contribution < -0.4 is 4.90 Å². The van der Waals surface area contributed by atoms with Crippen molar-refractivity contribution in [3.05, 3.63) is 174 Å². The van der Waals surface area contributed by atoms with Gasteiger partial charge in [-0.15, -0.1) is 0 Å². The van der Waals surface area contributed by atoms with Crippen molar-refractivity contribution in [1.82, 2.24) is 4.57 Å². The molecular weight excluding hydrogens is 733 g/mol. The van der Waals surface area contributed by atoms with Gasteiger partial charge >= 0.3 is 17.8 Å². The predicted molar refractivity (Wildman–Crippen MR) is 212 cm³/mol. The van der Waals surface area contributed by atoms with Gasteiger partial charge in [0.15, 0.2) is 0 Å². The second-order valence-corrected chi connectivity index (χ2v) is 14.9. The number of aromatic nitrogens is 1.